The number of carbonyl (C=O) groups excluding carboxylic acids is 1. The minimum Gasteiger partial charge on any atom is -0.493 e. The maximum atomic E-state index is 11.1. The van der Waals surface area contributed by atoms with Crippen LogP contribution in [0.15, 0.2) is 36.5 Å². The van der Waals surface area contributed by atoms with Gasteiger partial charge in [-0.3, -0.25) is 4.90 Å². The largest absolute Gasteiger partial charge is 0.493 e. The first-order valence-corrected chi connectivity index (χ1v) is 9.28. The monoisotopic (exact) mass is 338 g/mol. The Morgan fingerprint density at radius 2 is 2.24 bits per heavy atom. The number of aryl methyl sites for hydroxylation is 2. The number of aldehydes is 1. The quantitative estimate of drug-likeness (QED) is 0.760. The third-order valence-corrected chi connectivity index (χ3v) is 5.81. The number of aromatic nitrogens is 1. The molecule has 2 aliphatic rings. The first-order valence-electron chi connectivity index (χ1n) is 9.28. The van der Waals surface area contributed by atoms with Crippen molar-refractivity contribution < 1.29 is 9.53 Å². The van der Waals surface area contributed by atoms with Crippen molar-refractivity contribution in [1.82, 2.24) is 9.47 Å². The standard InChI is InChI=1S/C21H26N2O2/c1-22-9-2-3-19(22)5-6-20-14-18(15-23(20)10-11-24)16-4-7-21-17(13-16)8-12-25-21/h2-4,7,9,11,13,18,20H,5-6,8,10,12,14-15H2,1H3. The lowest BCUT2D eigenvalue weighted by molar-refractivity contribution is -0.109. The second-order valence-electron chi connectivity index (χ2n) is 7.32. The predicted octanol–water partition coefficient (Wildman–Crippen LogP) is 2.95. The second-order valence-corrected chi connectivity index (χ2v) is 7.32. The lowest BCUT2D eigenvalue weighted by Gasteiger charge is -2.21. The smallest absolute Gasteiger partial charge is 0.133 e. The van der Waals surface area contributed by atoms with Crippen LogP contribution < -0.4 is 4.74 Å². The van der Waals surface area contributed by atoms with E-state index in [1.54, 1.807) is 0 Å². The van der Waals surface area contributed by atoms with E-state index in [1.807, 2.05) is 0 Å². The van der Waals surface area contributed by atoms with E-state index in [9.17, 15) is 4.79 Å². The van der Waals surface area contributed by atoms with Gasteiger partial charge >= 0.3 is 0 Å². The van der Waals surface area contributed by atoms with Crippen molar-refractivity contribution >= 4 is 6.29 Å². The number of ether oxygens (including phenoxy) is 1. The zero-order chi connectivity index (χ0) is 17.2. The highest BCUT2D eigenvalue weighted by atomic mass is 16.5. The lowest BCUT2D eigenvalue weighted by atomic mass is 9.93. The number of carbonyl (C=O) groups is 1. The molecule has 0 bridgehead atoms. The summed E-state index contributed by atoms with van der Waals surface area (Å²) in [6.07, 6.45) is 7.48. The molecule has 0 aliphatic carbocycles. The van der Waals surface area contributed by atoms with Crippen molar-refractivity contribution in [3.05, 3.63) is 53.3 Å². The molecule has 132 valence electrons. The average Bonchev–Trinajstić information content (AvgIpc) is 3.32. The van der Waals surface area contributed by atoms with Gasteiger partial charge in [-0.2, -0.15) is 0 Å². The van der Waals surface area contributed by atoms with Gasteiger partial charge < -0.3 is 14.1 Å². The summed E-state index contributed by atoms with van der Waals surface area (Å²) in [6, 6.07) is 11.4. The molecule has 2 unspecified atom stereocenters. The van der Waals surface area contributed by atoms with Gasteiger partial charge in [0.1, 0.15) is 12.0 Å². The fourth-order valence-corrected chi connectivity index (χ4v) is 4.38. The molecule has 0 amide bonds. The van der Waals surface area contributed by atoms with Gasteiger partial charge in [0, 0.05) is 37.9 Å². The number of benzene rings is 1. The minimum atomic E-state index is 0.481. The molecular formula is C21H26N2O2. The van der Waals surface area contributed by atoms with Gasteiger partial charge in [-0.05, 0) is 54.5 Å². The molecule has 1 aromatic heterocycles. The zero-order valence-corrected chi connectivity index (χ0v) is 14.9. The summed E-state index contributed by atoms with van der Waals surface area (Å²) in [4.78, 5) is 13.5. The zero-order valence-electron chi connectivity index (χ0n) is 14.9. The highest BCUT2D eigenvalue weighted by Gasteiger charge is 2.32. The number of rotatable bonds is 6. The highest BCUT2D eigenvalue weighted by Crippen LogP contribution is 2.36. The third-order valence-electron chi connectivity index (χ3n) is 5.81. The van der Waals surface area contributed by atoms with Gasteiger partial charge in [0.2, 0.25) is 0 Å². The molecule has 4 rings (SSSR count). The molecular weight excluding hydrogens is 312 g/mol. The maximum Gasteiger partial charge on any atom is 0.133 e. The molecule has 1 saturated heterocycles. The van der Waals surface area contributed by atoms with Crippen molar-refractivity contribution in [3.63, 3.8) is 0 Å². The topological polar surface area (TPSA) is 34.5 Å². The Bertz CT molecular complexity index is 752. The van der Waals surface area contributed by atoms with Gasteiger partial charge in [-0.1, -0.05) is 12.1 Å². The van der Waals surface area contributed by atoms with Gasteiger partial charge in [0.05, 0.1) is 13.2 Å². The summed E-state index contributed by atoms with van der Waals surface area (Å²) < 4.78 is 7.82. The van der Waals surface area contributed by atoms with Crippen LogP contribution in [0.3, 0.4) is 0 Å². The maximum absolute atomic E-state index is 11.1. The van der Waals surface area contributed by atoms with Gasteiger partial charge in [0.25, 0.3) is 0 Å². The fraction of sp³-hybridized carbons (Fsp3) is 0.476. The van der Waals surface area contributed by atoms with E-state index >= 15 is 0 Å². The van der Waals surface area contributed by atoms with Crippen molar-refractivity contribution in [2.24, 2.45) is 7.05 Å². The van der Waals surface area contributed by atoms with Crippen LogP contribution in [0, 0.1) is 0 Å². The van der Waals surface area contributed by atoms with Crippen LogP contribution in [0.25, 0.3) is 0 Å². The van der Waals surface area contributed by atoms with E-state index in [0.29, 0.717) is 18.5 Å². The molecule has 4 nitrogen and oxygen atoms in total. The van der Waals surface area contributed by atoms with E-state index in [4.69, 9.17) is 4.74 Å². The molecule has 1 aromatic carbocycles. The third kappa shape index (κ3) is 3.36. The van der Waals surface area contributed by atoms with Crippen molar-refractivity contribution in [3.8, 4) is 5.75 Å². The van der Waals surface area contributed by atoms with Crippen LogP contribution in [0.2, 0.25) is 0 Å². The van der Waals surface area contributed by atoms with Crippen molar-refractivity contribution in [1.29, 1.82) is 0 Å². The molecule has 0 spiro atoms. The number of hydrogen-bond donors (Lipinski definition) is 0. The van der Waals surface area contributed by atoms with E-state index < -0.39 is 0 Å². The Morgan fingerprint density at radius 3 is 3.04 bits per heavy atom. The Kier molecular flexibility index (Phi) is 4.62. The number of fused-ring (bicyclic) bond motifs is 1. The Labute approximate surface area is 149 Å². The first kappa shape index (κ1) is 16.4. The molecule has 2 aliphatic heterocycles. The van der Waals surface area contributed by atoms with Gasteiger partial charge in [-0.25, -0.2) is 0 Å². The van der Waals surface area contributed by atoms with Crippen LogP contribution in [-0.2, 0) is 24.7 Å². The Morgan fingerprint density at radius 1 is 1.32 bits per heavy atom. The van der Waals surface area contributed by atoms with E-state index in [-0.39, 0.29) is 0 Å². The van der Waals surface area contributed by atoms with Crippen LogP contribution >= 0.6 is 0 Å². The average molecular weight is 338 g/mol. The molecule has 4 heteroatoms. The summed E-state index contributed by atoms with van der Waals surface area (Å²) >= 11 is 0. The molecule has 2 aromatic rings. The SMILES string of the molecule is Cn1cccc1CCC1CC(c2ccc3c(c2)CCO3)CN1CC=O. The summed E-state index contributed by atoms with van der Waals surface area (Å²) in [7, 11) is 2.10. The van der Waals surface area contributed by atoms with Crippen LogP contribution in [0.1, 0.15) is 35.6 Å². The van der Waals surface area contributed by atoms with Crippen molar-refractivity contribution in [2.45, 2.75) is 37.6 Å². The summed E-state index contributed by atoms with van der Waals surface area (Å²) in [5.41, 5.74) is 4.11. The summed E-state index contributed by atoms with van der Waals surface area (Å²) in [5, 5.41) is 0. The van der Waals surface area contributed by atoms with E-state index in [2.05, 4.69) is 53.0 Å². The molecule has 0 radical (unpaired) electrons. The molecule has 0 N–H and O–H groups in total. The van der Waals surface area contributed by atoms with E-state index in [1.165, 1.54) is 16.8 Å². The second kappa shape index (κ2) is 7.04. The molecule has 3 heterocycles. The molecule has 0 saturated carbocycles. The molecule has 25 heavy (non-hydrogen) atoms. The van der Waals surface area contributed by atoms with Crippen molar-refractivity contribution in [2.75, 3.05) is 19.7 Å². The highest BCUT2D eigenvalue weighted by molar-refractivity contribution is 5.52. The Hall–Kier alpha value is -2.07. The molecule has 2 atom stereocenters. The van der Waals surface area contributed by atoms with Gasteiger partial charge in [0.15, 0.2) is 0 Å². The van der Waals surface area contributed by atoms with Crippen LogP contribution in [0.5, 0.6) is 5.75 Å². The van der Waals surface area contributed by atoms with E-state index in [0.717, 1.165) is 50.9 Å². The lowest BCUT2D eigenvalue weighted by Crippen LogP contribution is -2.31. The normalized spacial score (nSPS) is 22.8. The number of likely N-dealkylation sites (tertiary alicyclic amines) is 1. The minimum absolute atomic E-state index is 0.481. The predicted molar refractivity (Wildman–Crippen MR) is 98.2 cm³/mol. The molecule has 1 fully saturated rings. The summed E-state index contributed by atoms with van der Waals surface area (Å²) in [5.74, 6) is 1.57. The number of nitrogens with zero attached hydrogens (tertiary/aromatic N) is 2. The fourth-order valence-electron chi connectivity index (χ4n) is 4.38. The summed E-state index contributed by atoms with van der Waals surface area (Å²) in [6.45, 7) is 2.33. The first-order chi connectivity index (χ1) is 12.2. The van der Waals surface area contributed by atoms with Gasteiger partial charge in [-0.15, -0.1) is 0 Å². The van der Waals surface area contributed by atoms with Crippen LogP contribution in [0.4, 0.5) is 0 Å². The number of hydrogen-bond acceptors (Lipinski definition) is 3. The Balaban J connectivity index is 1.46. The van der Waals surface area contributed by atoms with Crippen LogP contribution in [-0.4, -0.2) is 41.5 Å².